The molecule has 0 spiro atoms. The average molecular weight is 350 g/mol. The number of rotatable bonds is 1. The van der Waals surface area contributed by atoms with E-state index in [4.69, 9.17) is 11.6 Å². The molecule has 0 aliphatic carbocycles. The number of anilines is 1. The van der Waals surface area contributed by atoms with Crippen LogP contribution in [-0.2, 0) is 4.79 Å². The summed E-state index contributed by atoms with van der Waals surface area (Å²) in [6.07, 6.45) is 0. The molecule has 0 unspecified atom stereocenters. The van der Waals surface area contributed by atoms with Gasteiger partial charge in [-0.05, 0) is 36.8 Å². The van der Waals surface area contributed by atoms with Gasteiger partial charge >= 0.3 is 0 Å². The molecule has 20 heavy (non-hydrogen) atoms. The molecule has 0 atom stereocenters. The van der Waals surface area contributed by atoms with E-state index in [0.717, 1.165) is 21.3 Å². The third kappa shape index (κ3) is 2.25. The van der Waals surface area contributed by atoms with Gasteiger partial charge in [-0.2, -0.15) is 0 Å². The summed E-state index contributed by atoms with van der Waals surface area (Å²) in [7, 11) is 0. The van der Waals surface area contributed by atoms with Crippen LogP contribution in [0.5, 0.6) is 0 Å². The second kappa shape index (κ2) is 5.04. The largest absolute Gasteiger partial charge is 0.319 e. The molecule has 1 heterocycles. The Bertz CT molecular complexity index is 756. The molecule has 0 fully saturated rings. The topological polar surface area (TPSA) is 41.5 Å². The van der Waals surface area contributed by atoms with Crippen LogP contribution in [0.25, 0.3) is 0 Å². The van der Waals surface area contributed by atoms with Crippen molar-refractivity contribution in [3.05, 3.63) is 57.0 Å². The normalized spacial score (nSPS) is 15.3. The SMILES string of the molecule is Cc1cc(Br)ccc1N=C1C(=O)Nc2c(Cl)cccc21. The number of halogens is 2. The van der Waals surface area contributed by atoms with E-state index < -0.39 is 0 Å². The number of aryl methyl sites for hydroxylation is 1. The highest BCUT2D eigenvalue weighted by Gasteiger charge is 2.27. The Balaban J connectivity index is 2.14. The highest BCUT2D eigenvalue weighted by molar-refractivity contribution is 9.10. The van der Waals surface area contributed by atoms with Gasteiger partial charge in [0.15, 0.2) is 0 Å². The molecule has 5 heteroatoms. The van der Waals surface area contributed by atoms with Crippen molar-refractivity contribution in [3.63, 3.8) is 0 Å². The first-order valence-corrected chi connectivity index (χ1v) is 7.18. The lowest BCUT2D eigenvalue weighted by Crippen LogP contribution is -2.14. The van der Waals surface area contributed by atoms with Crippen LogP contribution in [0, 0.1) is 6.92 Å². The molecule has 0 bridgehead atoms. The molecule has 2 aromatic carbocycles. The fraction of sp³-hybridized carbons (Fsp3) is 0.0667. The van der Waals surface area contributed by atoms with Gasteiger partial charge in [0, 0.05) is 10.0 Å². The van der Waals surface area contributed by atoms with E-state index in [1.807, 2.05) is 37.3 Å². The van der Waals surface area contributed by atoms with Crippen molar-refractivity contribution in [1.82, 2.24) is 0 Å². The first-order valence-electron chi connectivity index (χ1n) is 6.01. The van der Waals surface area contributed by atoms with Gasteiger partial charge in [0.25, 0.3) is 5.91 Å². The van der Waals surface area contributed by atoms with Gasteiger partial charge in [-0.15, -0.1) is 0 Å². The second-order valence-electron chi connectivity index (χ2n) is 4.51. The van der Waals surface area contributed by atoms with Crippen LogP contribution in [0.3, 0.4) is 0 Å². The highest BCUT2D eigenvalue weighted by atomic mass is 79.9. The summed E-state index contributed by atoms with van der Waals surface area (Å²) >= 11 is 9.49. The lowest BCUT2D eigenvalue weighted by molar-refractivity contribution is -0.110. The number of para-hydroxylation sites is 1. The maximum absolute atomic E-state index is 12.1. The minimum absolute atomic E-state index is 0.226. The highest BCUT2D eigenvalue weighted by Crippen LogP contribution is 2.33. The Kier molecular flexibility index (Phi) is 3.36. The summed E-state index contributed by atoms with van der Waals surface area (Å²) in [5.41, 5.74) is 3.53. The number of carbonyl (C=O) groups excluding carboxylic acids is 1. The zero-order valence-electron chi connectivity index (χ0n) is 10.6. The molecule has 1 amide bonds. The third-order valence-electron chi connectivity index (χ3n) is 3.11. The van der Waals surface area contributed by atoms with E-state index in [9.17, 15) is 4.79 Å². The smallest absolute Gasteiger partial charge is 0.275 e. The molecule has 0 aromatic heterocycles. The summed E-state index contributed by atoms with van der Waals surface area (Å²) in [6, 6.07) is 11.1. The van der Waals surface area contributed by atoms with Crippen molar-refractivity contribution >= 4 is 50.5 Å². The van der Waals surface area contributed by atoms with E-state index in [0.29, 0.717) is 16.4 Å². The lowest BCUT2D eigenvalue weighted by Gasteiger charge is -2.02. The minimum Gasteiger partial charge on any atom is -0.319 e. The second-order valence-corrected chi connectivity index (χ2v) is 5.83. The molecule has 2 aromatic rings. The Labute approximate surface area is 129 Å². The molecule has 1 aliphatic rings. The molecular weight excluding hydrogens is 340 g/mol. The number of benzene rings is 2. The van der Waals surface area contributed by atoms with Crippen LogP contribution in [-0.4, -0.2) is 11.6 Å². The molecule has 0 saturated carbocycles. The number of nitrogens with zero attached hydrogens (tertiary/aromatic N) is 1. The summed E-state index contributed by atoms with van der Waals surface area (Å²) in [6.45, 7) is 1.95. The van der Waals surface area contributed by atoms with Gasteiger partial charge in [-0.1, -0.05) is 39.7 Å². The number of hydrogen-bond acceptors (Lipinski definition) is 2. The van der Waals surface area contributed by atoms with Gasteiger partial charge in [0.2, 0.25) is 0 Å². The lowest BCUT2D eigenvalue weighted by atomic mass is 10.1. The standard InChI is InChI=1S/C15H10BrClN2O/c1-8-7-9(16)5-6-12(8)18-14-10-3-2-4-11(17)13(10)19-15(14)20/h2-7H,1H3,(H,18,19,20). The van der Waals surface area contributed by atoms with E-state index in [1.54, 1.807) is 6.07 Å². The zero-order chi connectivity index (χ0) is 14.3. The average Bonchev–Trinajstić information content (AvgIpc) is 2.71. The maximum atomic E-state index is 12.1. The summed E-state index contributed by atoms with van der Waals surface area (Å²) in [5, 5.41) is 3.28. The monoisotopic (exact) mass is 348 g/mol. The predicted octanol–water partition coefficient (Wildman–Crippen LogP) is 4.48. The molecular formula is C15H10BrClN2O. The van der Waals surface area contributed by atoms with Gasteiger partial charge in [0.1, 0.15) is 5.71 Å². The van der Waals surface area contributed by atoms with Crippen molar-refractivity contribution < 1.29 is 4.79 Å². The fourth-order valence-electron chi connectivity index (χ4n) is 2.12. The predicted molar refractivity (Wildman–Crippen MR) is 85.2 cm³/mol. The van der Waals surface area contributed by atoms with E-state index in [2.05, 4.69) is 26.2 Å². The number of carbonyl (C=O) groups is 1. The van der Waals surface area contributed by atoms with Crippen LogP contribution in [0.1, 0.15) is 11.1 Å². The van der Waals surface area contributed by atoms with Gasteiger partial charge in [-0.25, -0.2) is 4.99 Å². The number of aliphatic imine (C=N–C) groups is 1. The number of hydrogen-bond donors (Lipinski definition) is 1. The van der Waals surface area contributed by atoms with E-state index in [1.165, 1.54) is 0 Å². The van der Waals surface area contributed by atoms with Crippen LogP contribution in [0.2, 0.25) is 5.02 Å². The number of nitrogens with one attached hydrogen (secondary N) is 1. The molecule has 1 aliphatic heterocycles. The molecule has 0 saturated heterocycles. The Morgan fingerprint density at radius 1 is 1.25 bits per heavy atom. The van der Waals surface area contributed by atoms with Crippen LogP contribution in [0.4, 0.5) is 11.4 Å². The Morgan fingerprint density at radius 3 is 2.80 bits per heavy atom. The molecule has 0 radical (unpaired) electrons. The summed E-state index contributed by atoms with van der Waals surface area (Å²) in [5.74, 6) is -0.226. The first kappa shape index (κ1) is 13.3. The number of fused-ring (bicyclic) bond motifs is 1. The molecule has 3 rings (SSSR count). The van der Waals surface area contributed by atoms with E-state index >= 15 is 0 Å². The molecule has 100 valence electrons. The van der Waals surface area contributed by atoms with Crippen molar-refractivity contribution in [3.8, 4) is 0 Å². The van der Waals surface area contributed by atoms with Gasteiger partial charge in [0.05, 0.1) is 16.4 Å². The van der Waals surface area contributed by atoms with E-state index in [-0.39, 0.29) is 5.91 Å². The molecule has 3 nitrogen and oxygen atoms in total. The van der Waals surface area contributed by atoms with Crippen molar-refractivity contribution in [1.29, 1.82) is 0 Å². The fourth-order valence-corrected chi connectivity index (χ4v) is 2.82. The van der Waals surface area contributed by atoms with Crippen LogP contribution >= 0.6 is 27.5 Å². The summed E-state index contributed by atoms with van der Waals surface area (Å²) < 4.78 is 0.985. The minimum atomic E-state index is -0.226. The van der Waals surface area contributed by atoms with Crippen molar-refractivity contribution in [2.45, 2.75) is 6.92 Å². The van der Waals surface area contributed by atoms with Gasteiger partial charge in [-0.3, -0.25) is 4.79 Å². The molecule has 1 N–H and O–H groups in total. The van der Waals surface area contributed by atoms with Crippen molar-refractivity contribution in [2.75, 3.05) is 5.32 Å². The van der Waals surface area contributed by atoms with Crippen LogP contribution in [0.15, 0.2) is 45.9 Å². The Morgan fingerprint density at radius 2 is 2.05 bits per heavy atom. The zero-order valence-corrected chi connectivity index (χ0v) is 12.9. The summed E-state index contributed by atoms with van der Waals surface area (Å²) in [4.78, 5) is 16.5. The maximum Gasteiger partial charge on any atom is 0.275 e. The van der Waals surface area contributed by atoms with Crippen molar-refractivity contribution in [2.24, 2.45) is 4.99 Å². The Hall–Kier alpha value is -1.65. The van der Waals surface area contributed by atoms with Crippen LogP contribution < -0.4 is 5.32 Å². The van der Waals surface area contributed by atoms with Gasteiger partial charge < -0.3 is 5.32 Å². The first-order chi connectivity index (χ1) is 9.56. The quantitative estimate of drug-likeness (QED) is 0.810. The third-order valence-corrected chi connectivity index (χ3v) is 3.92. The number of amides is 1.